The minimum absolute atomic E-state index is 0.0486. The average Bonchev–Trinajstić information content (AvgIpc) is 2.93. The lowest BCUT2D eigenvalue weighted by Gasteiger charge is -2.38. The lowest BCUT2D eigenvalue weighted by atomic mass is 10.1. The number of nitrogens with one attached hydrogen (secondary N) is 1. The second kappa shape index (κ2) is 11.6. The number of hydrogen-bond donors (Lipinski definition) is 1. The summed E-state index contributed by atoms with van der Waals surface area (Å²) >= 11 is 0. The average molecular weight is 542 g/mol. The number of sulfonamides is 2. The predicted octanol–water partition coefficient (Wildman–Crippen LogP) is 3.73. The Morgan fingerprint density at radius 3 is 1.95 bits per heavy atom. The number of anilines is 1. The number of amides is 1. The summed E-state index contributed by atoms with van der Waals surface area (Å²) in [6, 6.07) is 21.9. The fourth-order valence-corrected chi connectivity index (χ4v) is 7.34. The first-order valence-corrected chi connectivity index (χ1v) is 15.1. The van der Waals surface area contributed by atoms with Crippen molar-refractivity contribution >= 4 is 31.6 Å². The van der Waals surface area contributed by atoms with Crippen molar-refractivity contribution in [2.75, 3.05) is 25.0 Å². The molecule has 0 aliphatic carbocycles. The van der Waals surface area contributed by atoms with Gasteiger partial charge in [-0.3, -0.25) is 4.79 Å². The molecule has 4 rings (SSSR count). The molecule has 1 saturated heterocycles. The molecule has 8 nitrogen and oxygen atoms in total. The number of nitrogens with zero attached hydrogens (tertiary/aromatic N) is 2. The van der Waals surface area contributed by atoms with E-state index in [-0.39, 0.29) is 29.4 Å². The van der Waals surface area contributed by atoms with Crippen LogP contribution in [0.4, 0.5) is 5.69 Å². The van der Waals surface area contributed by atoms with Gasteiger partial charge in [-0.15, -0.1) is 0 Å². The Hall–Kier alpha value is -3.05. The number of piperazine rings is 1. The molecule has 1 atom stereocenters. The molecule has 1 aliphatic heterocycles. The molecule has 0 spiro atoms. The number of aryl methyl sites for hydroxylation is 1. The summed E-state index contributed by atoms with van der Waals surface area (Å²) in [5.41, 5.74) is 1.66. The van der Waals surface area contributed by atoms with Crippen LogP contribution in [0.25, 0.3) is 0 Å². The fraction of sp³-hybridized carbons (Fsp3) is 0.296. The maximum atomic E-state index is 13.5. The van der Waals surface area contributed by atoms with E-state index in [2.05, 4.69) is 12.2 Å². The van der Waals surface area contributed by atoms with Gasteiger partial charge in [0.2, 0.25) is 26.0 Å². The summed E-state index contributed by atoms with van der Waals surface area (Å²) in [6.45, 7) is 1.59. The van der Waals surface area contributed by atoms with Crippen molar-refractivity contribution in [3.8, 4) is 0 Å². The van der Waals surface area contributed by atoms with E-state index in [9.17, 15) is 21.6 Å². The van der Waals surface area contributed by atoms with Gasteiger partial charge in [-0.25, -0.2) is 16.8 Å². The number of hydrogen-bond acceptors (Lipinski definition) is 5. The number of unbranched alkanes of at least 4 members (excludes halogenated alkanes) is 1. The normalized spacial score (nSPS) is 17.4. The topological polar surface area (TPSA) is 104 Å². The standard InChI is InChI=1S/C27H31N3O5S2/c1-2-3-10-22-15-17-23(18-16-22)28-27(31)26-21-29(36(32,33)24-11-6-4-7-12-24)19-20-30(26)37(34,35)25-13-8-5-9-14-25/h4-9,11-18,26H,2-3,10,19-21H2,1H3,(H,28,31)/t26-/m1/s1. The van der Waals surface area contributed by atoms with E-state index in [1.54, 1.807) is 48.5 Å². The van der Waals surface area contributed by atoms with Crippen molar-refractivity contribution in [1.82, 2.24) is 8.61 Å². The zero-order chi connectivity index (χ0) is 26.5. The SMILES string of the molecule is CCCCc1ccc(NC(=O)[C@H]2CN(S(=O)(=O)c3ccccc3)CCN2S(=O)(=O)c2ccccc2)cc1. The highest BCUT2D eigenvalue weighted by atomic mass is 32.2. The quantitative estimate of drug-likeness (QED) is 0.445. The molecule has 196 valence electrons. The molecule has 0 radical (unpaired) electrons. The van der Waals surface area contributed by atoms with Crippen LogP contribution in [0.1, 0.15) is 25.3 Å². The van der Waals surface area contributed by atoms with Gasteiger partial charge in [-0.2, -0.15) is 8.61 Å². The molecule has 1 heterocycles. The maximum Gasteiger partial charge on any atom is 0.244 e. The van der Waals surface area contributed by atoms with Crippen LogP contribution in [0.2, 0.25) is 0 Å². The summed E-state index contributed by atoms with van der Waals surface area (Å²) in [5.74, 6) is -0.589. The molecule has 3 aromatic rings. The molecule has 3 aromatic carbocycles. The molecule has 1 fully saturated rings. The summed E-state index contributed by atoms with van der Waals surface area (Å²) < 4.78 is 55.9. The molecule has 0 unspecified atom stereocenters. The molecule has 0 bridgehead atoms. The summed E-state index contributed by atoms with van der Waals surface area (Å²) in [5, 5.41) is 2.79. The van der Waals surface area contributed by atoms with Crippen molar-refractivity contribution in [3.63, 3.8) is 0 Å². The van der Waals surface area contributed by atoms with Crippen molar-refractivity contribution in [3.05, 3.63) is 90.5 Å². The highest BCUT2D eigenvalue weighted by Crippen LogP contribution is 2.26. The van der Waals surface area contributed by atoms with Crippen molar-refractivity contribution in [2.45, 2.75) is 42.0 Å². The summed E-state index contributed by atoms with van der Waals surface area (Å²) in [6.07, 6.45) is 3.07. The second-order valence-corrected chi connectivity index (χ2v) is 12.7. The van der Waals surface area contributed by atoms with E-state index < -0.39 is 32.0 Å². The van der Waals surface area contributed by atoms with Gasteiger partial charge in [0.1, 0.15) is 6.04 Å². The smallest absolute Gasteiger partial charge is 0.244 e. The zero-order valence-electron chi connectivity index (χ0n) is 20.7. The fourth-order valence-electron chi connectivity index (χ4n) is 4.29. The number of carbonyl (C=O) groups excluding carboxylic acids is 1. The summed E-state index contributed by atoms with van der Waals surface area (Å²) in [4.78, 5) is 13.6. The Morgan fingerprint density at radius 1 is 0.811 bits per heavy atom. The largest absolute Gasteiger partial charge is 0.325 e. The first kappa shape index (κ1) is 27.0. The molecule has 37 heavy (non-hydrogen) atoms. The Kier molecular flexibility index (Phi) is 8.43. The third kappa shape index (κ3) is 6.10. The van der Waals surface area contributed by atoms with Gasteiger partial charge in [0.25, 0.3) is 0 Å². The van der Waals surface area contributed by atoms with Crippen LogP contribution in [0.5, 0.6) is 0 Å². The minimum Gasteiger partial charge on any atom is -0.325 e. The van der Waals surface area contributed by atoms with Crippen molar-refractivity contribution < 1.29 is 21.6 Å². The molecule has 0 aromatic heterocycles. The molecular formula is C27H31N3O5S2. The van der Waals surface area contributed by atoms with Gasteiger partial charge in [-0.05, 0) is 54.8 Å². The molecule has 1 aliphatic rings. The van der Waals surface area contributed by atoms with Crippen LogP contribution in [0.15, 0.2) is 94.7 Å². The Labute approximate surface area is 219 Å². The Morgan fingerprint density at radius 2 is 1.38 bits per heavy atom. The third-order valence-electron chi connectivity index (χ3n) is 6.37. The van der Waals surface area contributed by atoms with Crippen LogP contribution in [0, 0.1) is 0 Å². The monoisotopic (exact) mass is 541 g/mol. The maximum absolute atomic E-state index is 13.5. The van der Waals surface area contributed by atoms with Gasteiger partial charge in [0.05, 0.1) is 9.79 Å². The van der Waals surface area contributed by atoms with Crippen molar-refractivity contribution in [2.24, 2.45) is 0 Å². The number of benzene rings is 3. The van der Waals surface area contributed by atoms with Crippen LogP contribution in [-0.4, -0.2) is 57.0 Å². The molecule has 0 saturated carbocycles. The van der Waals surface area contributed by atoms with E-state index >= 15 is 0 Å². The van der Waals surface area contributed by atoms with Crippen LogP contribution >= 0.6 is 0 Å². The number of carbonyl (C=O) groups is 1. The lowest BCUT2D eigenvalue weighted by Crippen LogP contribution is -2.60. The van der Waals surface area contributed by atoms with Gasteiger partial charge in [0, 0.05) is 25.3 Å². The van der Waals surface area contributed by atoms with Crippen molar-refractivity contribution in [1.29, 1.82) is 0 Å². The minimum atomic E-state index is -4.05. The predicted molar refractivity (Wildman–Crippen MR) is 143 cm³/mol. The molecule has 1 amide bonds. The highest BCUT2D eigenvalue weighted by molar-refractivity contribution is 7.89. The number of rotatable bonds is 9. The zero-order valence-corrected chi connectivity index (χ0v) is 22.3. The molecule has 10 heteroatoms. The molecule has 1 N–H and O–H groups in total. The summed E-state index contributed by atoms with van der Waals surface area (Å²) in [7, 11) is -7.97. The van der Waals surface area contributed by atoms with E-state index in [1.165, 1.54) is 28.6 Å². The molecular weight excluding hydrogens is 510 g/mol. The van der Waals surface area contributed by atoms with Crippen LogP contribution < -0.4 is 5.32 Å². The third-order valence-corrected chi connectivity index (χ3v) is 10.2. The first-order valence-electron chi connectivity index (χ1n) is 12.3. The highest BCUT2D eigenvalue weighted by Gasteiger charge is 2.43. The van der Waals surface area contributed by atoms with Gasteiger partial charge < -0.3 is 5.32 Å². The lowest BCUT2D eigenvalue weighted by molar-refractivity contribution is -0.120. The van der Waals surface area contributed by atoms with E-state index in [0.717, 1.165) is 29.1 Å². The van der Waals surface area contributed by atoms with Gasteiger partial charge >= 0.3 is 0 Å². The Bertz CT molecular complexity index is 1410. The Balaban J connectivity index is 1.63. The van der Waals surface area contributed by atoms with E-state index in [1.807, 2.05) is 12.1 Å². The van der Waals surface area contributed by atoms with Crippen LogP contribution in [-0.2, 0) is 31.3 Å². The van der Waals surface area contributed by atoms with Gasteiger partial charge in [0.15, 0.2) is 0 Å². The van der Waals surface area contributed by atoms with Crippen LogP contribution in [0.3, 0.4) is 0 Å². The van der Waals surface area contributed by atoms with E-state index in [0.29, 0.717) is 5.69 Å². The van der Waals surface area contributed by atoms with E-state index in [4.69, 9.17) is 0 Å². The second-order valence-electron chi connectivity index (χ2n) is 8.91. The first-order chi connectivity index (χ1) is 17.7. The van der Waals surface area contributed by atoms with Gasteiger partial charge in [-0.1, -0.05) is 61.9 Å².